The number of hydrogen-bond acceptors (Lipinski definition) is 1. The van der Waals surface area contributed by atoms with E-state index in [4.69, 9.17) is 0 Å². The predicted molar refractivity (Wildman–Crippen MR) is 180 cm³/mol. The summed E-state index contributed by atoms with van der Waals surface area (Å²) in [4.78, 5) is 2.62. The number of benzene rings is 2. The van der Waals surface area contributed by atoms with E-state index >= 15 is 0 Å². The van der Waals surface area contributed by atoms with Gasteiger partial charge in [0.15, 0.2) is 5.71 Å². The van der Waals surface area contributed by atoms with Crippen LogP contribution in [0.3, 0.4) is 0 Å². The van der Waals surface area contributed by atoms with E-state index in [2.05, 4.69) is 118 Å². The molecule has 0 atom stereocenters. The molecule has 2 aliphatic rings. The molecule has 230 valence electrons. The number of para-hydroxylation sites is 2. The molecule has 0 amide bonds. The Hall–Kier alpha value is -1.88. The highest BCUT2D eigenvalue weighted by Crippen LogP contribution is 2.48. The highest BCUT2D eigenvalue weighted by atomic mass is 127. The molecular weight excluding hydrogens is 623 g/mol. The van der Waals surface area contributed by atoms with Gasteiger partial charge in [0.05, 0.1) is 5.41 Å². The average molecular weight is 681 g/mol. The summed E-state index contributed by atoms with van der Waals surface area (Å²) in [5, 5.41) is 0. The second-order valence-electron chi connectivity index (χ2n) is 13.4. The van der Waals surface area contributed by atoms with Crippen molar-refractivity contribution < 1.29 is 28.6 Å². The minimum atomic E-state index is 0. The van der Waals surface area contributed by atoms with Gasteiger partial charge in [0.1, 0.15) is 6.54 Å². The third-order valence-electron chi connectivity index (χ3n) is 9.58. The molecule has 42 heavy (non-hydrogen) atoms. The molecule has 0 fully saturated rings. The highest BCUT2D eigenvalue weighted by Gasteiger charge is 2.44. The number of halogens is 1. The van der Waals surface area contributed by atoms with Crippen molar-refractivity contribution in [3.05, 3.63) is 83.6 Å². The lowest BCUT2D eigenvalue weighted by molar-refractivity contribution is -0.438. The van der Waals surface area contributed by atoms with E-state index in [1.54, 1.807) is 0 Å². The number of hydrogen-bond donors (Lipinski definition) is 0. The van der Waals surface area contributed by atoms with Crippen LogP contribution < -0.4 is 28.9 Å². The quantitative estimate of drug-likeness (QED) is 0.0989. The van der Waals surface area contributed by atoms with Crippen molar-refractivity contribution in [1.29, 1.82) is 0 Å². The fourth-order valence-corrected chi connectivity index (χ4v) is 7.09. The first-order chi connectivity index (χ1) is 19.8. The molecule has 0 N–H and O–H groups in total. The van der Waals surface area contributed by atoms with Crippen LogP contribution in [-0.2, 0) is 10.8 Å². The van der Waals surface area contributed by atoms with Crippen molar-refractivity contribution in [3.8, 4) is 0 Å². The highest BCUT2D eigenvalue weighted by molar-refractivity contribution is 6.03. The Morgan fingerprint density at radius 1 is 0.667 bits per heavy atom. The standard InChI is InChI=1S/C39H57N2.HI/c1-7-9-11-13-15-21-30-40-34-26-19-17-24-32(34)38(3,4)36(40)28-23-29-37-39(5,6)33-25-18-20-27-35(33)41(37)31-22-16-14-12-10-8-2;/h17-20,23-29H,7-16,21-22,30-31H2,1-6H3;1H/q+1;/p-1. The van der Waals surface area contributed by atoms with Gasteiger partial charge in [-0.2, -0.15) is 4.58 Å². The molecule has 2 aliphatic heterocycles. The molecular formula is C39H57IN2. The van der Waals surface area contributed by atoms with Gasteiger partial charge < -0.3 is 28.9 Å². The van der Waals surface area contributed by atoms with Crippen LogP contribution in [0.25, 0.3) is 0 Å². The molecule has 0 unspecified atom stereocenters. The molecule has 0 saturated carbocycles. The van der Waals surface area contributed by atoms with Crippen LogP contribution in [-0.4, -0.2) is 23.4 Å². The fourth-order valence-electron chi connectivity index (χ4n) is 7.09. The van der Waals surface area contributed by atoms with Crippen LogP contribution >= 0.6 is 0 Å². The van der Waals surface area contributed by atoms with E-state index in [0.29, 0.717) is 0 Å². The summed E-state index contributed by atoms with van der Waals surface area (Å²) in [5.74, 6) is 0. The zero-order valence-corrected chi connectivity index (χ0v) is 29.7. The third kappa shape index (κ3) is 7.79. The van der Waals surface area contributed by atoms with Crippen LogP contribution in [0.1, 0.15) is 130 Å². The Morgan fingerprint density at radius 2 is 1.24 bits per heavy atom. The van der Waals surface area contributed by atoms with Crippen molar-refractivity contribution in [1.82, 2.24) is 0 Å². The summed E-state index contributed by atoms with van der Waals surface area (Å²) in [5.41, 5.74) is 8.57. The van der Waals surface area contributed by atoms with Gasteiger partial charge in [-0.25, -0.2) is 0 Å². The Kier molecular flexibility index (Phi) is 13.4. The van der Waals surface area contributed by atoms with Crippen molar-refractivity contribution in [2.75, 3.05) is 18.0 Å². The zero-order chi connectivity index (χ0) is 29.3. The van der Waals surface area contributed by atoms with Crippen LogP contribution in [0.2, 0.25) is 0 Å². The van der Waals surface area contributed by atoms with E-state index in [9.17, 15) is 0 Å². The molecule has 2 aromatic rings. The van der Waals surface area contributed by atoms with Gasteiger partial charge in [-0.05, 0) is 44.4 Å². The zero-order valence-electron chi connectivity index (χ0n) is 27.5. The van der Waals surface area contributed by atoms with Gasteiger partial charge in [0.25, 0.3) is 0 Å². The van der Waals surface area contributed by atoms with E-state index in [1.807, 2.05) is 0 Å². The van der Waals surface area contributed by atoms with Gasteiger partial charge in [0.2, 0.25) is 5.69 Å². The normalized spacial score (nSPS) is 17.7. The van der Waals surface area contributed by atoms with E-state index in [1.165, 1.54) is 111 Å². The lowest BCUT2D eigenvalue weighted by Gasteiger charge is -2.27. The smallest absolute Gasteiger partial charge is 0.209 e. The first kappa shape index (κ1) is 34.6. The molecule has 2 aromatic carbocycles. The Labute approximate surface area is 275 Å². The number of nitrogens with zero attached hydrogens (tertiary/aromatic N) is 2. The van der Waals surface area contributed by atoms with Crippen LogP contribution in [0, 0.1) is 0 Å². The van der Waals surface area contributed by atoms with Crippen molar-refractivity contribution in [2.24, 2.45) is 0 Å². The maximum atomic E-state index is 2.62. The molecule has 0 bridgehead atoms. The molecule has 0 saturated heterocycles. The van der Waals surface area contributed by atoms with Gasteiger partial charge in [-0.3, -0.25) is 0 Å². The van der Waals surface area contributed by atoms with E-state index in [0.717, 1.165) is 13.1 Å². The lowest BCUT2D eigenvalue weighted by Crippen LogP contribution is -3.00. The molecule has 2 nitrogen and oxygen atoms in total. The first-order valence-electron chi connectivity index (χ1n) is 16.8. The monoisotopic (exact) mass is 680 g/mol. The van der Waals surface area contributed by atoms with Crippen molar-refractivity contribution in [3.63, 3.8) is 0 Å². The number of anilines is 1. The van der Waals surface area contributed by atoms with Gasteiger partial charge in [-0.15, -0.1) is 0 Å². The first-order valence-corrected chi connectivity index (χ1v) is 16.8. The van der Waals surface area contributed by atoms with E-state index < -0.39 is 0 Å². The summed E-state index contributed by atoms with van der Waals surface area (Å²) >= 11 is 0. The summed E-state index contributed by atoms with van der Waals surface area (Å²) in [7, 11) is 0. The van der Waals surface area contributed by atoms with Gasteiger partial charge >= 0.3 is 0 Å². The summed E-state index contributed by atoms with van der Waals surface area (Å²) < 4.78 is 2.62. The number of fused-ring (bicyclic) bond motifs is 2. The second-order valence-corrected chi connectivity index (χ2v) is 13.4. The van der Waals surface area contributed by atoms with Crippen LogP contribution in [0.4, 0.5) is 11.4 Å². The minimum absolute atomic E-state index is 0. The van der Waals surface area contributed by atoms with Crippen LogP contribution in [0.15, 0.2) is 72.5 Å². The Morgan fingerprint density at radius 3 is 1.93 bits per heavy atom. The molecule has 2 heterocycles. The molecule has 0 spiro atoms. The molecule has 0 aliphatic carbocycles. The maximum absolute atomic E-state index is 2.62. The lowest BCUT2D eigenvalue weighted by atomic mass is 9.81. The maximum Gasteiger partial charge on any atom is 0.209 e. The number of allylic oxidation sites excluding steroid dienone is 4. The number of rotatable bonds is 16. The van der Waals surface area contributed by atoms with Gasteiger partial charge in [-0.1, -0.05) is 128 Å². The van der Waals surface area contributed by atoms with Crippen LogP contribution in [0.5, 0.6) is 0 Å². The predicted octanol–water partition coefficient (Wildman–Crippen LogP) is 8.03. The molecule has 0 radical (unpaired) electrons. The van der Waals surface area contributed by atoms with Crippen molar-refractivity contribution >= 4 is 17.1 Å². The minimum Gasteiger partial charge on any atom is -1.00 e. The van der Waals surface area contributed by atoms with Gasteiger partial charge in [0, 0.05) is 47.5 Å². The topological polar surface area (TPSA) is 6.25 Å². The third-order valence-corrected chi connectivity index (χ3v) is 9.58. The summed E-state index contributed by atoms with van der Waals surface area (Å²) in [6.45, 7) is 16.4. The SMILES string of the molecule is CCCCCCCCN1C(=CC=CC2=[N+](CCCCCCCC)c3ccccc3C2(C)C)C(C)(C)c2ccccc21.[I-]. The Bertz CT molecular complexity index is 1230. The Balaban J connectivity index is 0.00000484. The molecule has 4 rings (SSSR count). The second kappa shape index (κ2) is 16.3. The molecule has 3 heteroatoms. The largest absolute Gasteiger partial charge is 1.00 e. The summed E-state index contributed by atoms with van der Waals surface area (Å²) in [6, 6.07) is 18.1. The van der Waals surface area contributed by atoms with Crippen molar-refractivity contribution in [2.45, 2.75) is 129 Å². The number of unbranched alkanes of at least 4 members (excludes halogenated alkanes) is 10. The van der Waals surface area contributed by atoms with E-state index in [-0.39, 0.29) is 34.8 Å². The fraction of sp³-hybridized carbons (Fsp3) is 0.564. The summed E-state index contributed by atoms with van der Waals surface area (Å²) in [6.07, 6.45) is 23.1. The average Bonchev–Trinajstić information content (AvgIpc) is 3.31. The molecule has 0 aromatic heterocycles.